The molecule has 13 heavy (non-hydrogen) atoms. The van der Waals surface area contributed by atoms with E-state index >= 15 is 0 Å². The molecule has 1 aromatic heterocycles. The van der Waals surface area contributed by atoms with Gasteiger partial charge in [-0.2, -0.15) is 0 Å². The van der Waals surface area contributed by atoms with Crippen LogP contribution < -0.4 is 0 Å². The van der Waals surface area contributed by atoms with Gasteiger partial charge in [0.25, 0.3) is 0 Å². The first-order chi connectivity index (χ1) is 6.15. The predicted molar refractivity (Wildman–Crippen MR) is 51.2 cm³/mol. The minimum atomic E-state index is -0.669. The summed E-state index contributed by atoms with van der Waals surface area (Å²) in [5.74, 6) is 4.17. The van der Waals surface area contributed by atoms with E-state index in [1.165, 1.54) is 0 Å². The third-order valence-electron chi connectivity index (χ3n) is 1.86. The molecule has 0 saturated heterocycles. The summed E-state index contributed by atoms with van der Waals surface area (Å²) in [6, 6.07) is 3.65. The fourth-order valence-corrected chi connectivity index (χ4v) is 1.07. The second kappa shape index (κ2) is 4.15. The largest absolute Gasteiger partial charge is 0.463 e. The van der Waals surface area contributed by atoms with Gasteiger partial charge in [0.1, 0.15) is 17.6 Å². The first-order valence-electron chi connectivity index (χ1n) is 4.36. The highest BCUT2D eigenvalue weighted by molar-refractivity contribution is 5.13. The Morgan fingerprint density at radius 2 is 2.08 bits per heavy atom. The van der Waals surface area contributed by atoms with Gasteiger partial charge in [-0.3, -0.25) is 0 Å². The van der Waals surface area contributed by atoms with Crippen molar-refractivity contribution in [2.45, 2.75) is 32.3 Å². The maximum Gasteiger partial charge on any atom is 0.133 e. The second-order valence-corrected chi connectivity index (χ2v) is 3.32. The summed E-state index contributed by atoms with van der Waals surface area (Å²) in [6.07, 6.45) is 4.71. The van der Waals surface area contributed by atoms with Crippen LogP contribution in [0.2, 0.25) is 0 Å². The molecule has 1 aromatic rings. The van der Waals surface area contributed by atoms with Gasteiger partial charge in [-0.25, -0.2) is 0 Å². The van der Waals surface area contributed by atoms with Gasteiger partial charge in [0.05, 0.1) is 0 Å². The summed E-state index contributed by atoms with van der Waals surface area (Å²) in [4.78, 5) is 0. The van der Waals surface area contributed by atoms with Crippen molar-refractivity contribution >= 4 is 0 Å². The molecule has 1 heterocycles. The molecule has 0 spiro atoms. The van der Waals surface area contributed by atoms with Crippen LogP contribution in [0.25, 0.3) is 0 Å². The van der Waals surface area contributed by atoms with Crippen LogP contribution in [-0.4, -0.2) is 5.11 Å². The summed E-state index contributed by atoms with van der Waals surface area (Å²) in [7, 11) is 0. The number of aliphatic hydroxyl groups excluding tert-OH is 1. The molecule has 1 atom stereocenters. The van der Waals surface area contributed by atoms with Crippen LogP contribution in [0.3, 0.4) is 0 Å². The zero-order valence-corrected chi connectivity index (χ0v) is 7.95. The van der Waals surface area contributed by atoms with Crippen LogP contribution in [0.5, 0.6) is 0 Å². The molecular formula is C11H14O2. The van der Waals surface area contributed by atoms with Gasteiger partial charge in [0.2, 0.25) is 0 Å². The molecule has 0 aliphatic carbocycles. The predicted octanol–water partition coefficient (Wildman–Crippen LogP) is 2.46. The summed E-state index contributed by atoms with van der Waals surface area (Å²) < 4.78 is 5.41. The molecule has 0 fully saturated rings. The van der Waals surface area contributed by atoms with Crippen LogP contribution in [-0.2, 0) is 0 Å². The maximum absolute atomic E-state index is 9.48. The molecular weight excluding hydrogens is 164 g/mol. The molecule has 0 aliphatic heterocycles. The number of hydrogen-bond donors (Lipinski definition) is 1. The molecule has 2 nitrogen and oxygen atoms in total. The monoisotopic (exact) mass is 178 g/mol. The minimum absolute atomic E-state index is 0.297. The normalized spacial score (nSPS) is 12.8. The molecule has 1 N–H and O–H groups in total. The fourth-order valence-electron chi connectivity index (χ4n) is 1.07. The van der Waals surface area contributed by atoms with Gasteiger partial charge in [-0.15, -0.1) is 12.3 Å². The van der Waals surface area contributed by atoms with Crippen LogP contribution in [0.15, 0.2) is 16.5 Å². The quantitative estimate of drug-likeness (QED) is 0.721. The molecule has 0 radical (unpaired) electrons. The van der Waals surface area contributed by atoms with Crippen molar-refractivity contribution in [1.82, 2.24) is 0 Å². The summed E-state index contributed by atoms with van der Waals surface area (Å²) >= 11 is 0. The lowest BCUT2D eigenvalue weighted by atomic mass is 10.2. The lowest BCUT2D eigenvalue weighted by molar-refractivity contribution is 0.152. The Morgan fingerprint density at radius 3 is 2.54 bits per heavy atom. The van der Waals surface area contributed by atoms with Crippen molar-refractivity contribution in [2.75, 3.05) is 0 Å². The van der Waals surface area contributed by atoms with Crippen LogP contribution in [0, 0.1) is 12.3 Å². The van der Waals surface area contributed by atoms with E-state index in [4.69, 9.17) is 10.8 Å². The highest BCUT2D eigenvalue weighted by Crippen LogP contribution is 2.23. The molecule has 2 heteroatoms. The first kappa shape index (κ1) is 9.88. The van der Waals surface area contributed by atoms with Gasteiger partial charge in [-0.05, 0) is 12.1 Å². The Hall–Kier alpha value is -1.20. The van der Waals surface area contributed by atoms with Crippen LogP contribution >= 0.6 is 0 Å². The number of furan rings is 1. The van der Waals surface area contributed by atoms with Crippen molar-refractivity contribution in [3.8, 4) is 12.3 Å². The minimum Gasteiger partial charge on any atom is -0.463 e. The SMILES string of the molecule is C#CCC(O)c1ccc(C(C)C)o1. The Balaban J connectivity index is 2.74. The van der Waals surface area contributed by atoms with Crippen LogP contribution in [0.1, 0.15) is 43.8 Å². The van der Waals surface area contributed by atoms with Crippen molar-refractivity contribution in [1.29, 1.82) is 0 Å². The standard InChI is InChI=1S/C11H14O2/c1-4-5-9(12)11-7-6-10(13-11)8(2)3/h1,6-9,12H,5H2,2-3H3. The van der Waals surface area contributed by atoms with Gasteiger partial charge in [0.15, 0.2) is 0 Å². The number of aliphatic hydroxyl groups is 1. The zero-order chi connectivity index (χ0) is 9.84. The zero-order valence-electron chi connectivity index (χ0n) is 7.95. The van der Waals surface area contributed by atoms with E-state index in [1.54, 1.807) is 6.07 Å². The average molecular weight is 178 g/mol. The van der Waals surface area contributed by atoms with Crippen molar-refractivity contribution in [2.24, 2.45) is 0 Å². The number of hydrogen-bond acceptors (Lipinski definition) is 2. The lowest BCUT2D eigenvalue weighted by Gasteiger charge is -2.03. The van der Waals surface area contributed by atoms with Gasteiger partial charge in [-0.1, -0.05) is 13.8 Å². The molecule has 70 valence electrons. The number of terminal acetylenes is 1. The molecule has 0 amide bonds. The highest BCUT2D eigenvalue weighted by Gasteiger charge is 2.12. The third-order valence-corrected chi connectivity index (χ3v) is 1.86. The Bertz CT molecular complexity index is 304. The molecule has 0 bridgehead atoms. The molecule has 0 saturated carbocycles. The van der Waals surface area contributed by atoms with Gasteiger partial charge < -0.3 is 9.52 Å². The first-order valence-corrected chi connectivity index (χ1v) is 4.36. The lowest BCUT2D eigenvalue weighted by Crippen LogP contribution is -1.93. The second-order valence-electron chi connectivity index (χ2n) is 3.32. The molecule has 0 aliphatic rings. The molecule has 0 aromatic carbocycles. The van der Waals surface area contributed by atoms with E-state index in [9.17, 15) is 5.11 Å². The number of rotatable bonds is 3. The fraction of sp³-hybridized carbons (Fsp3) is 0.455. The third kappa shape index (κ3) is 2.37. The van der Waals surface area contributed by atoms with E-state index < -0.39 is 6.10 Å². The van der Waals surface area contributed by atoms with Crippen molar-refractivity contribution in [3.63, 3.8) is 0 Å². The van der Waals surface area contributed by atoms with Crippen molar-refractivity contribution < 1.29 is 9.52 Å². The maximum atomic E-state index is 9.48. The van der Waals surface area contributed by atoms with Crippen molar-refractivity contribution in [3.05, 3.63) is 23.7 Å². The highest BCUT2D eigenvalue weighted by atomic mass is 16.4. The summed E-state index contributed by atoms with van der Waals surface area (Å²) in [6.45, 7) is 4.08. The van der Waals surface area contributed by atoms with E-state index in [2.05, 4.69) is 5.92 Å². The smallest absolute Gasteiger partial charge is 0.133 e. The molecule has 1 rings (SSSR count). The summed E-state index contributed by atoms with van der Waals surface area (Å²) in [5.41, 5.74) is 0. The topological polar surface area (TPSA) is 33.4 Å². The average Bonchev–Trinajstić information content (AvgIpc) is 2.52. The summed E-state index contributed by atoms with van der Waals surface area (Å²) in [5, 5.41) is 9.48. The van der Waals surface area contributed by atoms with Gasteiger partial charge >= 0.3 is 0 Å². The molecule has 1 unspecified atom stereocenters. The van der Waals surface area contributed by atoms with E-state index in [0.717, 1.165) is 5.76 Å². The van der Waals surface area contributed by atoms with Gasteiger partial charge in [0, 0.05) is 12.3 Å². The Kier molecular flexibility index (Phi) is 3.16. The van der Waals surface area contributed by atoms with E-state index in [0.29, 0.717) is 18.1 Å². The van der Waals surface area contributed by atoms with E-state index in [-0.39, 0.29) is 0 Å². The van der Waals surface area contributed by atoms with E-state index in [1.807, 2.05) is 19.9 Å². The Morgan fingerprint density at radius 1 is 1.46 bits per heavy atom. The van der Waals surface area contributed by atoms with Crippen LogP contribution in [0.4, 0.5) is 0 Å². The Labute approximate surface area is 78.6 Å².